The first-order valence-corrected chi connectivity index (χ1v) is 9.97. The van der Waals surface area contributed by atoms with E-state index in [0.29, 0.717) is 6.54 Å². The molecule has 0 heterocycles. The molecule has 1 rings (SSSR count). The van der Waals surface area contributed by atoms with E-state index in [1.165, 1.54) is 12.1 Å². The Balaban J connectivity index is 3.08. The number of sulfone groups is 1. The maximum absolute atomic E-state index is 12.2. The minimum absolute atomic E-state index is 0.0174. The SMILES string of the molecule is CNCC(C)CNS(=O)(=O)c1cc(S(C)(=O)=O)ccc1Cl. The molecule has 0 aliphatic carbocycles. The van der Waals surface area contributed by atoms with Crippen LogP contribution in [-0.4, -0.2) is 43.2 Å². The van der Waals surface area contributed by atoms with Crippen molar-refractivity contribution in [2.75, 3.05) is 26.4 Å². The standard InChI is InChI=1S/C12H19ClN2O4S2/c1-9(7-14-2)8-15-21(18,19)12-6-10(20(3,16)17)4-5-11(12)13/h4-6,9,14-15H,7-8H2,1-3H3. The molecular weight excluding hydrogens is 336 g/mol. The van der Waals surface area contributed by atoms with Crippen molar-refractivity contribution in [2.24, 2.45) is 5.92 Å². The van der Waals surface area contributed by atoms with Crippen LogP contribution in [0.2, 0.25) is 5.02 Å². The van der Waals surface area contributed by atoms with E-state index in [4.69, 9.17) is 11.6 Å². The Morgan fingerprint density at radius 2 is 1.81 bits per heavy atom. The van der Waals surface area contributed by atoms with Gasteiger partial charge in [-0.2, -0.15) is 0 Å². The van der Waals surface area contributed by atoms with Crippen molar-refractivity contribution in [3.8, 4) is 0 Å². The number of hydrogen-bond acceptors (Lipinski definition) is 5. The third-order valence-electron chi connectivity index (χ3n) is 2.79. The minimum atomic E-state index is -3.86. The lowest BCUT2D eigenvalue weighted by Crippen LogP contribution is -2.32. The lowest BCUT2D eigenvalue weighted by atomic mass is 10.2. The summed E-state index contributed by atoms with van der Waals surface area (Å²) >= 11 is 5.88. The topological polar surface area (TPSA) is 92.3 Å². The van der Waals surface area contributed by atoms with Crippen LogP contribution in [0.5, 0.6) is 0 Å². The van der Waals surface area contributed by atoms with Crippen molar-refractivity contribution in [3.63, 3.8) is 0 Å². The first-order valence-electron chi connectivity index (χ1n) is 6.22. The van der Waals surface area contributed by atoms with Gasteiger partial charge in [-0.25, -0.2) is 21.6 Å². The molecule has 0 spiro atoms. The zero-order chi connectivity index (χ0) is 16.3. The Hall–Kier alpha value is -0.670. The Morgan fingerprint density at radius 3 is 2.33 bits per heavy atom. The summed E-state index contributed by atoms with van der Waals surface area (Å²) in [6.07, 6.45) is 1.01. The van der Waals surface area contributed by atoms with Gasteiger partial charge in [0.1, 0.15) is 4.90 Å². The predicted molar refractivity (Wildman–Crippen MR) is 82.8 cm³/mol. The molecule has 0 saturated carbocycles. The zero-order valence-electron chi connectivity index (χ0n) is 12.1. The monoisotopic (exact) mass is 354 g/mol. The predicted octanol–water partition coefficient (Wildman–Crippen LogP) is 0.877. The minimum Gasteiger partial charge on any atom is -0.319 e. The summed E-state index contributed by atoms with van der Waals surface area (Å²) in [7, 11) is -5.59. The van der Waals surface area contributed by atoms with Crippen LogP contribution in [0.25, 0.3) is 0 Å². The Bertz CT molecular complexity index is 702. The molecule has 0 bridgehead atoms. The number of nitrogens with one attached hydrogen (secondary N) is 2. The molecule has 2 N–H and O–H groups in total. The summed E-state index contributed by atoms with van der Waals surface area (Å²) in [5.74, 6) is 0.0849. The molecule has 0 radical (unpaired) electrons. The number of rotatable bonds is 7. The second kappa shape index (κ2) is 7.06. The van der Waals surface area contributed by atoms with E-state index >= 15 is 0 Å². The molecule has 0 aromatic heterocycles. The van der Waals surface area contributed by atoms with Gasteiger partial charge in [0, 0.05) is 12.8 Å². The summed E-state index contributed by atoms with van der Waals surface area (Å²) < 4.78 is 49.9. The van der Waals surface area contributed by atoms with Gasteiger partial charge in [0.25, 0.3) is 0 Å². The maximum atomic E-state index is 12.2. The molecule has 6 nitrogen and oxygen atoms in total. The second-order valence-corrected chi connectivity index (χ2v) is 9.04. The highest BCUT2D eigenvalue weighted by Crippen LogP contribution is 2.24. The highest BCUT2D eigenvalue weighted by atomic mass is 35.5. The van der Waals surface area contributed by atoms with Gasteiger partial charge in [0.2, 0.25) is 10.0 Å². The summed E-state index contributed by atoms with van der Waals surface area (Å²) in [5.41, 5.74) is 0. The fourth-order valence-electron chi connectivity index (χ4n) is 1.67. The van der Waals surface area contributed by atoms with Crippen LogP contribution in [-0.2, 0) is 19.9 Å². The Morgan fingerprint density at radius 1 is 1.19 bits per heavy atom. The van der Waals surface area contributed by atoms with Gasteiger partial charge < -0.3 is 5.32 Å². The van der Waals surface area contributed by atoms with Crippen LogP contribution in [0.1, 0.15) is 6.92 Å². The van der Waals surface area contributed by atoms with Gasteiger partial charge >= 0.3 is 0 Å². The molecule has 1 unspecified atom stereocenters. The third-order valence-corrected chi connectivity index (χ3v) is 5.81. The highest BCUT2D eigenvalue weighted by molar-refractivity contribution is 7.91. The lowest BCUT2D eigenvalue weighted by Gasteiger charge is -2.13. The summed E-state index contributed by atoms with van der Waals surface area (Å²) in [6, 6.07) is 3.62. The largest absolute Gasteiger partial charge is 0.319 e. The molecule has 0 saturated heterocycles. The van der Waals surface area contributed by atoms with E-state index in [0.717, 1.165) is 12.3 Å². The van der Waals surface area contributed by atoms with Gasteiger partial charge in [-0.05, 0) is 37.7 Å². The van der Waals surface area contributed by atoms with Crippen molar-refractivity contribution in [2.45, 2.75) is 16.7 Å². The molecule has 1 atom stereocenters. The molecule has 1 aromatic carbocycles. The number of hydrogen-bond donors (Lipinski definition) is 2. The first-order chi connectivity index (χ1) is 9.58. The van der Waals surface area contributed by atoms with Crippen molar-refractivity contribution in [1.82, 2.24) is 10.0 Å². The third kappa shape index (κ3) is 5.23. The van der Waals surface area contributed by atoms with E-state index in [2.05, 4.69) is 10.0 Å². The lowest BCUT2D eigenvalue weighted by molar-refractivity contribution is 0.519. The molecule has 120 valence electrons. The van der Waals surface area contributed by atoms with Crippen molar-refractivity contribution >= 4 is 31.5 Å². The van der Waals surface area contributed by atoms with E-state index in [9.17, 15) is 16.8 Å². The normalized spacial score (nSPS) is 14.1. The summed E-state index contributed by atoms with van der Waals surface area (Å²) in [5, 5.41) is 2.93. The highest BCUT2D eigenvalue weighted by Gasteiger charge is 2.21. The molecule has 0 aliphatic rings. The molecular formula is C12H19ClN2O4S2. The Kier molecular flexibility index (Phi) is 6.18. The van der Waals surface area contributed by atoms with Gasteiger partial charge in [0.15, 0.2) is 9.84 Å². The van der Waals surface area contributed by atoms with Gasteiger partial charge in [-0.1, -0.05) is 18.5 Å². The Labute approximate surface area is 130 Å². The first kappa shape index (κ1) is 18.4. The van der Waals surface area contributed by atoms with Crippen molar-refractivity contribution in [3.05, 3.63) is 23.2 Å². The molecule has 0 fully saturated rings. The van der Waals surface area contributed by atoms with Crippen LogP contribution < -0.4 is 10.0 Å². The molecule has 21 heavy (non-hydrogen) atoms. The second-order valence-electron chi connectivity index (χ2n) is 4.88. The van der Waals surface area contributed by atoms with Crippen LogP contribution in [0.3, 0.4) is 0 Å². The maximum Gasteiger partial charge on any atom is 0.242 e. The van der Waals surface area contributed by atoms with E-state index in [-0.39, 0.29) is 27.3 Å². The summed E-state index contributed by atoms with van der Waals surface area (Å²) in [6.45, 7) is 2.76. The molecule has 9 heteroatoms. The van der Waals surface area contributed by atoms with Crippen LogP contribution in [0.15, 0.2) is 28.0 Å². The smallest absolute Gasteiger partial charge is 0.242 e. The van der Waals surface area contributed by atoms with Crippen LogP contribution in [0.4, 0.5) is 0 Å². The van der Waals surface area contributed by atoms with Gasteiger partial charge in [-0.15, -0.1) is 0 Å². The molecule has 0 amide bonds. The number of benzene rings is 1. The van der Waals surface area contributed by atoms with Gasteiger partial charge in [-0.3, -0.25) is 0 Å². The van der Waals surface area contributed by atoms with E-state index < -0.39 is 19.9 Å². The van der Waals surface area contributed by atoms with Crippen LogP contribution >= 0.6 is 11.6 Å². The molecule has 1 aromatic rings. The van der Waals surface area contributed by atoms with Crippen molar-refractivity contribution < 1.29 is 16.8 Å². The summed E-state index contributed by atoms with van der Waals surface area (Å²) in [4.78, 5) is -0.320. The zero-order valence-corrected chi connectivity index (χ0v) is 14.4. The number of sulfonamides is 1. The average molecular weight is 355 g/mol. The fraction of sp³-hybridized carbons (Fsp3) is 0.500. The number of halogens is 1. The average Bonchev–Trinajstić information content (AvgIpc) is 2.36. The van der Waals surface area contributed by atoms with E-state index in [1.54, 1.807) is 7.05 Å². The van der Waals surface area contributed by atoms with E-state index in [1.807, 2.05) is 6.92 Å². The van der Waals surface area contributed by atoms with Crippen molar-refractivity contribution in [1.29, 1.82) is 0 Å². The quantitative estimate of drug-likeness (QED) is 0.758. The van der Waals surface area contributed by atoms with Crippen LogP contribution in [0, 0.1) is 5.92 Å². The molecule has 0 aliphatic heterocycles. The van der Waals surface area contributed by atoms with Gasteiger partial charge in [0.05, 0.1) is 9.92 Å². The fourth-order valence-corrected chi connectivity index (χ4v) is 4.08.